The Morgan fingerprint density at radius 1 is 1.19 bits per heavy atom. The molecule has 4 N–H and O–H groups in total. The highest BCUT2D eigenvalue weighted by Crippen LogP contribution is 2.11. The van der Waals surface area contributed by atoms with Crippen LogP contribution in [0.4, 0.5) is 5.82 Å². The molecular formula is C22H31N7O2. The van der Waals surface area contributed by atoms with Gasteiger partial charge in [-0.2, -0.15) is 0 Å². The zero-order valence-electron chi connectivity index (χ0n) is 18.4. The van der Waals surface area contributed by atoms with Crippen molar-refractivity contribution in [2.45, 2.75) is 52.7 Å². The molecule has 166 valence electrons. The van der Waals surface area contributed by atoms with E-state index in [0.29, 0.717) is 24.8 Å². The first-order valence-electron chi connectivity index (χ1n) is 10.7. The Morgan fingerprint density at radius 2 is 2.00 bits per heavy atom. The van der Waals surface area contributed by atoms with Crippen molar-refractivity contribution in [1.82, 2.24) is 30.2 Å². The number of pyridine rings is 1. The number of aryl methyl sites for hydroxylation is 1. The van der Waals surface area contributed by atoms with Crippen LogP contribution in [0.5, 0.6) is 0 Å². The number of aromatic nitrogens is 4. The highest BCUT2D eigenvalue weighted by Gasteiger charge is 2.12. The number of carbonyl (C=O) groups is 1. The predicted molar refractivity (Wildman–Crippen MR) is 122 cm³/mol. The van der Waals surface area contributed by atoms with Crippen LogP contribution >= 0.6 is 0 Å². The van der Waals surface area contributed by atoms with Crippen LogP contribution in [0, 0.1) is 6.92 Å². The largest absolute Gasteiger partial charge is 0.364 e. The van der Waals surface area contributed by atoms with Crippen molar-refractivity contribution in [3.63, 3.8) is 0 Å². The Hall–Kier alpha value is -3.20. The summed E-state index contributed by atoms with van der Waals surface area (Å²) in [4.78, 5) is 36.8. The zero-order valence-corrected chi connectivity index (χ0v) is 18.4. The van der Waals surface area contributed by atoms with E-state index in [2.05, 4.69) is 44.7 Å². The second-order valence-electron chi connectivity index (χ2n) is 7.57. The number of aromatic amines is 1. The summed E-state index contributed by atoms with van der Waals surface area (Å²) in [5, 5.41) is 10.4. The van der Waals surface area contributed by atoms with Crippen molar-refractivity contribution in [2.75, 3.05) is 18.4 Å². The first-order chi connectivity index (χ1) is 15.0. The van der Waals surface area contributed by atoms with Crippen LogP contribution in [-0.2, 0) is 17.9 Å². The molecule has 0 radical (unpaired) electrons. The van der Waals surface area contributed by atoms with Gasteiger partial charge in [0.1, 0.15) is 12.2 Å². The average molecular weight is 426 g/mol. The minimum Gasteiger partial charge on any atom is -0.364 e. The summed E-state index contributed by atoms with van der Waals surface area (Å²) in [5.41, 5.74) is 2.04. The fourth-order valence-corrected chi connectivity index (χ4v) is 3.41. The molecule has 0 fully saturated rings. The molecule has 9 heteroatoms. The molecule has 3 aromatic heterocycles. The van der Waals surface area contributed by atoms with Crippen LogP contribution in [-0.4, -0.2) is 44.6 Å². The van der Waals surface area contributed by atoms with Gasteiger partial charge in [0.05, 0.1) is 0 Å². The van der Waals surface area contributed by atoms with Gasteiger partial charge in [0.25, 0.3) is 5.56 Å². The first-order valence-corrected chi connectivity index (χ1v) is 10.7. The molecule has 9 nitrogen and oxygen atoms in total. The number of nitrogens with zero attached hydrogens (tertiary/aromatic N) is 3. The van der Waals surface area contributed by atoms with E-state index < -0.39 is 0 Å². The summed E-state index contributed by atoms with van der Waals surface area (Å²) < 4.78 is 1.44. The molecule has 0 atom stereocenters. The third-order valence-corrected chi connectivity index (χ3v) is 5.34. The monoisotopic (exact) mass is 425 g/mol. The van der Waals surface area contributed by atoms with E-state index in [1.165, 1.54) is 4.57 Å². The second kappa shape index (κ2) is 10.7. The molecule has 0 aliphatic rings. The van der Waals surface area contributed by atoms with Gasteiger partial charge in [-0.3, -0.25) is 14.2 Å². The van der Waals surface area contributed by atoms with E-state index >= 15 is 0 Å². The summed E-state index contributed by atoms with van der Waals surface area (Å²) >= 11 is 0. The molecule has 3 heterocycles. The van der Waals surface area contributed by atoms with Gasteiger partial charge in [0.2, 0.25) is 5.91 Å². The van der Waals surface area contributed by atoms with Crippen molar-refractivity contribution < 1.29 is 4.79 Å². The second-order valence-corrected chi connectivity index (χ2v) is 7.57. The van der Waals surface area contributed by atoms with Gasteiger partial charge < -0.3 is 20.9 Å². The normalized spacial score (nSPS) is 11.2. The van der Waals surface area contributed by atoms with Crippen LogP contribution < -0.4 is 21.5 Å². The van der Waals surface area contributed by atoms with Crippen LogP contribution in [0.1, 0.15) is 37.9 Å². The quantitative estimate of drug-likeness (QED) is 0.349. The average Bonchev–Trinajstić information content (AvgIpc) is 3.24. The lowest BCUT2D eigenvalue weighted by atomic mass is 10.2. The number of rotatable bonds is 11. The molecule has 0 bridgehead atoms. The van der Waals surface area contributed by atoms with Crippen molar-refractivity contribution in [2.24, 2.45) is 0 Å². The predicted octanol–water partition coefficient (Wildman–Crippen LogP) is 1.93. The highest BCUT2D eigenvalue weighted by molar-refractivity contribution is 5.77. The fourth-order valence-electron chi connectivity index (χ4n) is 3.41. The minimum absolute atomic E-state index is 0.0618. The Kier molecular flexibility index (Phi) is 7.77. The molecule has 0 aliphatic heterocycles. The smallest absolute Gasteiger partial charge is 0.293 e. The summed E-state index contributed by atoms with van der Waals surface area (Å²) in [6, 6.07) is 4.38. The Bertz CT molecular complexity index is 1070. The van der Waals surface area contributed by atoms with Crippen LogP contribution in [0.3, 0.4) is 0 Å². The molecule has 0 unspecified atom stereocenters. The Labute approximate surface area is 181 Å². The van der Waals surface area contributed by atoms with E-state index in [0.717, 1.165) is 36.0 Å². The molecule has 31 heavy (non-hydrogen) atoms. The van der Waals surface area contributed by atoms with E-state index in [4.69, 9.17) is 0 Å². The number of nitrogens with one attached hydrogen (secondary N) is 4. The molecule has 0 aromatic carbocycles. The number of carbonyl (C=O) groups excluding carboxylic acids is 1. The lowest BCUT2D eigenvalue weighted by Gasteiger charge is -2.15. The SMILES string of the molecule is CCC(CC)NCCNc1ncc(C)n(CC(=O)NCc2cnc3[nH]ccc3c2)c1=O. The molecule has 0 saturated heterocycles. The third kappa shape index (κ3) is 5.91. The molecule has 1 amide bonds. The fraction of sp³-hybridized carbons (Fsp3) is 0.455. The van der Waals surface area contributed by atoms with Gasteiger partial charge in [-0.05, 0) is 37.5 Å². The maximum Gasteiger partial charge on any atom is 0.293 e. The number of fused-ring (bicyclic) bond motifs is 1. The summed E-state index contributed by atoms with van der Waals surface area (Å²) in [7, 11) is 0. The first kappa shape index (κ1) is 22.5. The lowest BCUT2D eigenvalue weighted by molar-refractivity contribution is -0.121. The van der Waals surface area contributed by atoms with Gasteiger partial charge in [-0.15, -0.1) is 0 Å². The number of amides is 1. The van der Waals surface area contributed by atoms with Gasteiger partial charge in [-0.25, -0.2) is 9.97 Å². The van der Waals surface area contributed by atoms with Gasteiger partial charge in [0, 0.05) is 55.3 Å². The van der Waals surface area contributed by atoms with E-state index in [1.807, 2.05) is 18.3 Å². The Balaban J connectivity index is 1.56. The van der Waals surface area contributed by atoms with E-state index in [9.17, 15) is 9.59 Å². The van der Waals surface area contributed by atoms with Crippen molar-refractivity contribution in [3.05, 3.63) is 52.3 Å². The lowest BCUT2D eigenvalue weighted by Crippen LogP contribution is -2.36. The van der Waals surface area contributed by atoms with E-state index in [-0.39, 0.29) is 23.8 Å². The van der Waals surface area contributed by atoms with E-state index in [1.54, 1.807) is 19.3 Å². The highest BCUT2D eigenvalue weighted by atomic mass is 16.2. The van der Waals surface area contributed by atoms with Gasteiger partial charge >= 0.3 is 0 Å². The van der Waals surface area contributed by atoms with Crippen LogP contribution in [0.2, 0.25) is 0 Å². The van der Waals surface area contributed by atoms with Crippen LogP contribution in [0.25, 0.3) is 11.0 Å². The Morgan fingerprint density at radius 3 is 2.77 bits per heavy atom. The molecular weight excluding hydrogens is 394 g/mol. The number of anilines is 1. The van der Waals surface area contributed by atoms with Crippen LogP contribution in [0.15, 0.2) is 35.5 Å². The molecule has 3 rings (SSSR count). The maximum absolute atomic E-state index is 12.8. The van der Waals surface area contributed by atoms with Gasteiger partial charge in [-0.1, -0.05) is 13.8 Å². The van der Waals surface area contributed by atoms with Crippen molar-refractivity contribution >= 4 is 22.8 Å². The third-order valence-electron chi connectivity index (χ3n) is 5.34. The maximum atomic E-state index is 12.8. The molecule has 3 aromatic rings. The summed E-state index contributed by atoms with van der Waals surface area (Å²) in [6.07, 6.45) is 7.29. The summed E-state index contributed by atoms with van der Waals surface area (Å²) in [5.74, 6) is 0.0128. The minimum atomic E-state index is -0.298. The standard InChI is InChI=1S/C22H31N7O2/c1-4-18(5-2)23-8-9-25-21-22(31)29(15(3)11-27-21)14-19(30)26-12-16-10-17-6-7-24-20(17)28-13-16/h6-7,10-11,13,18,23H,4-5,8-9,12,14H2,1-3H3,(H,24,28)(H,25,27)(H,26,30). The molecule has 0 aliphatic carbocycles. The zero-order chi connectivity index (χ0) is 22.2. The van der Waals surface area contributed by atoms with Gasteiger partial charge in [0.15, 0.2) is 5.82 Å². The molecule has 0 spiro atoms. The topological polar surface area (TPSA) is 117 Å². The number of hydrogen-bond acceptors (Lipinski definition) is 6. The number of hydrogen-bond donors (Lipinski definition) is 4. The number of H-pyrrole nitrogens is 1. The van der Waals surface area contributed by atoms with Crippen molar-refractivity contribution in [3.8, 4) is 0 Å². The van der Waals surface area contributed by atoms with Crippen molar-refractivity contribution in [1.29, 1.82) is 0 Å². The summed E-state index contributed by atoms with van der Waals surface area (Å²) in [6.45, 7) is 7.67. The molecule has 0 saturated carbocycles.